The number of nitrogens with two attached hydrogens (primary N) is 1. The maximum absolute atomic E-state index is 12.0. The SMILES string of the molecule is Cc1cc(Br)cn(Cc2ccoc2C(=O)NN)c1=O. The van der Waals surface area contributed by atoms with Crippen molar-refractivity contribution in [1.29, 1.82) is 0 Å². The van der Waals surface area contributed by atoms with Crippen LogP contribution in [0.4, 0.5) is 0 Å². The first-order chi connectivity index (χ1) is 9.02. The molecule has 2 aromatic heterocycles. The quantitative estimate of drug-likeness (QED) is 0.503. The van der Waals surface area contributed by atoms with Gasteiger partial charge in [-0.05, 0) is 35.0 Å². The third-order valence-corrected chi connectivity index (χ3v) is 3.09. The lowest BCUT2D eigenvalue weighted by Gasteiger charge is -2.07. The van der Waals surface area contributed by atoms with Crippen LogP contribution in [-0.4, -0.2) is 10.5 Å². The zero-order chi connectivity index (χ0) is 14.0. The third kappa shape index (κ3) is 2.77. The molecule has 0 saturated heterocycles. The van der Waals surface area contributed by atoms with Gasteiger partial charge in [0.25, 0.3) is 5.56 Å². The summed E-state index contributed by atoms with van der Waals surface area (Å²) in [6, 6.07) is 3.37. The summed E-state index contributed by atoms with van der Waals surface area (Å²) in [4.78, 5) is 23.5. The average Bonchev–Trinajstić information content (AvgIpc) is 2.82. The van der Waals surface area contributed by atoms with Gasteiger partial charge in [-0.3, -0.25) is 15.0 Å². The maximum Gasteiger partial charge on any atom is 0.301 e. The van der Waals surface area contributed by atoms with E-state index in [2.05, 4.69) is 15.9 Å². The number of halogens is 1. The molecule has 0 unspecified atom stereocenters. The minimum Gasteiger partial charge on any atom is -0.459 e. The summed E-state index contributed by atoms with van der Waals surface area (Å²) < 4.78 is 7.36. The highest BCUT2D eigenvalue weighted by Gasteiger charge is 2.15. The molecule has 0 fully saturated rings. The van der Waals surface area contributed by atoms with E-state index in [-0.39, 0.29) is 17.9 Å². The number of carbonyl (C=O) groups excluding carboxylic acids is 1. The van der Waals surface area contributed by atoms with Crippen LogP contribution < -0.4 is 16.8 Å². The number of nitrogen functional groups attached to an aromatic ring is 1. The molecule has 0 aliphatic rings. The number of nitrogens with zero attached hydrogens (tertiary/aromatic N) is 1. The lowest BCUT2D eigenvalue weighted by atomic mass is 10.2. The van der Waals surface area contributed by atoms with Gasteiger partial charge in [-0.15, -0.1) is 0 Å². The van der Waals surface area contributed by atoms with Gasteiger partial charge in [0.05, 0.1) is 12.8 Å². The van der Waals surface area contributed by atoms with Crippen LogP contribution in [0.25, 0.3) is 0 Å². The van der Waals surface area contributed by atoms with Gasteiger partial charge in [0, 0.05) is 21.8 Å². The van der Waals surface area contributed by atoms with E-state index in [1.807, 2.05) is 5.43 Å². The predicted molar refractivity (Wildman–Crippen MR) is 72.6 cm³/mol. The Morgan fingerprint density at radius 2 is 2.32 bits per heavy atom. The maximum atomic E-state index is 12.0. The van der Waals surface area contributed by atoms with E-state index < -0.39 is 5.91 Å². The fraction of sp³-hybridized carbons (Fsp3) is 0.167. The molecule has 100 valence electrons. The fourth-order valence-corrected chi connectivity index (χ4v) is 2.36. The number of hydrogen-bond donors (Lipinski definition) is 2. The second-order valence-corrected chi connectivity index (χ2v) is 4.94. The number of furan rings is 1. The highest BCUT2D eigenvalue weighted by atomic mass is 79.9. The van der Waals surface area contributed by atoms with Gasteiger partial charge in [0.2, 0.25) is 0 Å². The molecular weight excluding hydrogens is 314 g/mol. The van der Waals surface area contributed by atoms with Crippen LogP contribution in [-0.2, 0) is 6.54 Å². The lowest BCUT2D eigenvalue weighted by molar-refractivity contribution is 0.0924. The Kier molecular flexibility index (Phi) is 3.87. The number of aryl methyl sites for hydroxylation is 1. The van der Waals surface area contributed by atoms with Crippen molar-refractivity contribution in [2.24, 2.45) is 5.84 Å². The van der Waals surface area contributed by atoms with E-state index in [0.29, 0.717) is 11.1 Å². The molecule has 0 aliphatic carbocycles. The Bertz CT molecular complexity index is 675. The van der Waals surface area contributed by atoms with Crippen LogP contribution >= 0.6 is 15.9 Å². The smallest absolute Gasteiger partial charge is 0.301 e. The summed E-state index contributed by atoms with van der Waals surface area (Å²) >= 11 is 3.33. The van der Waals surface area contributed by atoms with Crippen LogP contribution in [0.2, 0.25) is 0 Å². The Hall–Kier alpha value is -1.86. The van der Waals surface area contributed by atoms with E-state index in [1.54, 1.807) is 25.3 Å². The first-order valence-corrected chi connectivity index (χ1v) is 6.26. The molecule has 0 bridgehead atoms. The first kappa shape index (κ1) is 13.6. The number of aromatic nitrogens is 1. The monoisotopic (exact) mass is 325 g/mol. The number of nitrogens with one attached hydrogen (secondary N) is 1. The molecule has 0 atom stereocenters. The molecule has 1 amide bonds. The second-order valence-electron chi connectivity index (χ2n) is 4.02. The number of amides is 1. The van der Waals surface area contributed by atoms with Crippen molar-refractivity contribution in [2.45, 2.75) is 13.5 Å². The molecule has 0 saturated carbocycles. The minimum atomic E-state index is -0.528. The fourth-order valence-electron chi connectivity index (χ4n) is 1.77. The molecule has 0 aromatic carbocycles. The largest absolute Gasteiger partial charge is 0.459 e. The molecule has 6 nitrogen and oxygen atoms in total. The number of hydrazine groups is 1. The summed E-state index contributed by atoms with van der Waals surface area (Å²) in [5.41, 5.74) is 3.08. The van der Waals surface area contributed by atoms with Crippen LogP contribution in [0.15, 0.2) is 38.3 Å². The highest BCUT2D eigenvalue weighted by molar-refractivity contribution is 9.10. The molecule has 3 N–H and O–H groups in total. The summed E-state index contributed by atoms with van der Waals surface area (Å²) in [7, 11) is 0. The van der Waals surface area contributed by atoms with Crippen LogP contribution in [0.1, 0.15) is 21.7 Å². The number of rotatable bonds is 3. The molecule has 19 heavy (non-hydrogen) atoms. The Balaban J connectivity index is 2.40. The first-order valence-electron chi connectivity index (χ1n) is 5.47. The minimum absolute atomic E-state index is 0.104. The van der Waals surface area contributed by atoms with Gasteiger partial charge in [-0.1, -0.05) is 0 Å². The normalized spacial score (nSPS) is 10.5. The van der Waals surface area contributed by atoms with Gasteiger partial charge in [-0.25, -0.2) is 5.84 Å². The zero-order valence-electron chi connectivity index (χ0n) is 10.1. The zero-order valence-corrected chi connectivity index (χ0v) is 11.7. The predicted octanol–water partition coefficient (Wildman–Crippen LogP) is 1.16. The Labute approximate surface area is 117 Å². The van der Waals surface area contributed by atoms with E-state index in [1.165, 1.54) is 10.8 Å². The average molecular weight is 326 g/mol. The lowest BCUT2D eigenvalue weighted by Crippen LogP contribution is -2.31. The molecule has 2 aromatic rings. The molecule has 2 rings (SSSR count). The summed E-state index contributed by atoms with van der Waals surface area (Å²) in [5.74, 6) is 4.64. The van der Waals surface area contributed by atoms with Crippen LogP contribution in [0, 0.1) is 6.92 Å². The molecule has 7 heteroatoms. The molecule has 0 radical (unpaired) electrons. The van der Waals surface area contributed by atoms with Crippen molar-refractivity contribution in [3.8, 4) is 0 Å². The van der Waals surface area contributed by atoms with Gasteiger partial charge >= 0.3 is 5.91 Å². The number of hydrogen-bond acceptors (Lipinski definition) is 4. The van der Waals surface area contributed by atoms with Crippen molar-refractivity contribution in [3.63, 3.8) is 0 Å². The van der Waals surface area contributed by atoms with Gasteiger partial charge in [0.1, 0.15) is 0 Å². The molecular formula is C12H12BrN3O3. The van der Waals surface area contributed by atoms with Crippen molar-refractivity contribution in [1.82, 2.24) is 9.99 Å². The third-order valence-electron chi connectivity index (χ3n) is 2.66. The highest BCUT2D eigenvalue weighted by Crippen LogP contribution is 2.14. The standard InChI is InChI=1S/C12H12BrN3O3/c1-7-4-9(13)6-16(12(7)18)5-8-2-3-19-10(8)11(17)15-14/h2-4,6H,5,14H2,1H3,(H,15,17). The summed E-state index contributed by atoms with van der Waals surface area (Å²) in [6.45, 7) is 1.96. The van der Waals surface area contributed by atoms with E-state index in [4.69, 9.17) is 10.3 Å². The number of pyridine rings is 1. The van der Waals surface area contributed by atoms with Crippen LogP contribution in [0.5, 0.6) is 0 Å². The van der Waals surface area contributed by atoms with Gasteiger partial charge in [0.15, 0.2) is 5.76 Å². The summed E-state index contributed by atoms with van der Waals surface area (Å²) in [5, 5.41) is 0. The Morgan fingerprint density at radius 1 is 1.58 bits per heavy atom. The topological polar surface area (TPSA) is 90.3 Å². The van der Waals surface area contributed by atoms with Crippen molar-refractivity contribution < 1.29 is 9.21 Å². The molecule has 2 heterocycles. The molecule has 0 spiro atoms. The number of carbonyl (C=O) groups is 1. The second kappa shape index (κ2) is 5.41. The van der Waals surface area contributed by atoms with Crippen molar-refractivity contribution >= 4 is 21.8 Å². The van der Waals surface area contributed by atoms with Gasteiger partial charge in [-0.2, -0.15) is 0 Å². The van der Waals surface area contributed by atoms with E-state index >= 15 is 0 Å². The van der Waals surface area contributed by atoms with Gasteiger partial charge < -0.3 is 8.98 Å². The van der Waals surface area contributed by atoms with E-state index in [9.17, 15) is 9.59 Å². The van der Waals surface area contributed by atoms with Crippen molar-refractivity contribution in [3.05, 3.63) is 56.3 Å². The summed E-state index contributed by atoms with van der Waals surface area (Å²) in [6.07, 6.45) is 3.04. The van der Waals surface area contributed by atoms with Crippen molar-refractivity contribution in [2.75, 3.05) is 0 Å². The molecule has 0 aliphatic heterocycles. The van der Waals surface area contributed by atoms with Crippen LogP contribution in [0.3, 0.4) is 0 Å². The Morgan fingerprint density at radius 3 is 3.00 bits per heavy atom. The van der Waals surface area contributed by atoms with E-state index in [0.717, 1.165) is 4.47 Å².